The SMILES string of the molecule is CCCCNC(=O)c1noc(OC)c1C. The Balaban J connectivity index is 2.61. The molecule has 0 unspecified atom stereocenters. The number of rotatable bonds is 5. The molecule has 0 aliphatic rings. The number of nitrogens with one attached hydrogen (secondary N) is 1. The molecule has 1 N–H and O–H groups in total. The number of ether oxygens (including phenoxy) is 1. The van der Waals surface area contributed by atoms with Gasteiger partial charge in [0.15, 0.2) is 5.69 Å². The molecule has 5 heteroatoms. The Morgan fingerprint density at radius 3 is 2.87 bits per heavy atom. The van der Waals surface area contributed by atoms with E-state index in [0.29, 0.717) is 17.8 Å². The quantitative estimate of drug-likeness (QED) is 0.751. The van der Waals surface area contributed by atoms with Gasteiger partial charge in [-0.15, -0.1) is 0 Å². The second-order valence-electron chi connectivity index (χ2n) is 3.26. The Morgan fingerprint density at radius 1 is 1.60 bits per heavy atom. The summed E-state index contributed by atoms with van der Waals surface area (Å²) in [6, 6.07) is 0. The van der Waals surface area contributed by atoms with Gasteiger partial charge in [-0.2, -0.15) is 0 Å². The fraction of sp³-hybridized carbons (Fsp3) is 0.600. The molecule has 1 aromatic rings. The first kappa shape index (κ1) is 11.6. The van der Waals surface area contributed by atoms with Gasteiger partial charge in [0, 0.05) is 6.54 Å². The molecule has 0 bridgehead atoms. The molecule has 84 valence electrons. The van der Waals surface area contributed by atoms with Crippen LogP contribution in [0.5, 0.6) is 5.95 Å². The topological polar surface area (TPSA) is 64.4 Å². The van der Waals surface area contributed by atoms with E-state index < -0.39 is 0 Å². The Hall–Kier alpha value is -1.52. The molecule has 0 aromatic carbocycles. The zero-order chi connectivity index (χ0) is 11.3. The Bertz CT molecular complexity index is 333. The van der Waals surface area contributed by atoms with Crippen molar-refractivity contribution in [1.29, 1.82) is 0 Å². The third-order valence-electron chi connectivity index (χ3n) is 2.10. The van der Waals surface area contributed by atoms with Crippen LogP contribution in [0.4, 0.5) is 0 Å². The zero-order valence-electron chi connectivity index (χ0n) is 9.29. The van der Waals surface area contributed by atoms with Crippen LogP contribution < -0.4 is 10.1 Å². The van der Waals surface area contributed by atoms with Gasteiger partial charge in [0.1, 0.15) is 0 Å². The molecule has 0 atom stereocenters. The Morgan fingerprint density at radius 2 is 2.33 bits per heavy atom. The summed E-state index contributed by atoms with van der Waals surface area (Å²) in [5.74, 6) is 0.0728. The maximum atomic E-state index is 11.6. The van der Waals surface area contributed by atoms with Gasteiger partial charge < -0.3 is 14.6 Å². The van der Waals surface area contributed by atoms with E-state index in [2.05, 4.69) is 17.4 Å². The highest BCUT2D eigenvalue weighted by molar-refractivity contribution is 5.93. The molecular weight excluding hydrogens is 196 g/mol. The number of hydrogen-bond acceptors (Lipinski definition) is 4. The normalized spacial score (nSPS) is 10.1. The number of unbranched alkanes of at least 4 members (excludes halogenated alkanes) is 1. The molecule has 1 amide bonds. The summed E-state index contributed by atoms with van der Waals surface area (Å²) in [5.41, 5.74) is 0.925. The van der Waals surface area contributed by atoms with Crippen molar-refractivity contribution >= 4 is 5.91 Å². The van der Waals surface area contributed by atoms with Crippen molar-refractivity contribution in [3.8, 4) is 5.95 Å². The predicted molar refractivity (Wildman–Crippen MR) is 55.0 cm³/mol. The van der Waals surface area contributed by atoms with Crippen molar-refractivity contribution in [3.05, 3.63) is 11.3 Å². The minimum absolute atomic E-state index is 0.215. The van der Waals surface area contributed by atoms with Crippen molar-refractivity contribution in [3.63, 3.8) is 0 Å². The molecule has 0 fully saturated rings. The second kappa shape index (κ2) is 5.38. The van der Waals surface area contributed by atoms with E-state index in [4.69, 9.17) is 9.26 Å². The second-order valence-corrected chi connectivity index (χ2v) is 3.26. The van der Waals surface area contributed by atoms with Gasteiger partial charge in [0.2, 0.25) is 0 Å². The van der Waals surface area contributed by atoms with E-state index in [1.54, 1.807) is 6.92 Å². The lowest BCUT2D eigenvalue weighted by molar-refractivity contribution is 0.0943. The van der Waals surface area contributed by atoms with Crippen LogP contribution in [0.25, 0.3) is 0 Å². The largest absolute Gasteiger partial charge is 0.467 e. The fourth-order valence-corrected chi connectivity index (χ4v) is 1.19. The van der Waals surface area contributed by atoms with E-state index in [-0.39, 0.29) is 11.9 Å². The number of amides is 1. The minimum Gasteiger partial charge on any atom is -0.467 e. The van der Waals surface area contributed by atoms with Gasteiger partial charge in [0.05, 0.1) is 12.7 Å². The molecule has 1 heterocycles. The van der Waals surface area contributed by atoms with E-state index in [0.717, 1.165) is 12.8 Å². The van der Waals surface area contributed by atoms with Crippen LogP contribution in [-0.2, 0) is 0 Å². The van der Waals surface area contributed by atoms with Crippen molar-refractivity contribution in [2.24, 2.45) is 0 Å². The first-order valence-electron chi connectivity index (χ1n) is 4.99. The highest BCUT2D eigenvalue weighted by Crippen LogP contribution is 2.19. The summed E-state index contributed by atoms with van der Waals surface area (Å²) in [6.45, 7) is 4.46. The van der Waals surface area contributed by atoms with Crippen LogP contribution in [-0.4, -0.2) is 24.7 Å². The molecule has 0 spiro atoms. The lowest BCUT2D eigenvalue weighted by Crippen LogP contribution is -2.25. The smallest absolute Gasteiger partial charge is 0.314 e. The van der Waals surface area contributed by atoms with E-state index in [1.165, 1.54) is 7.11 Å². The molecule has 0 radical (unpaired) electrons. The van der Waals surface area contributed by atoms with E-state index >= 15 is 0 Å². The van der Waals surface area contributed by atoms with Crippen molar-refractivity contribution in [2.75, 3.05) is 13.7 Å². The van der Waals surface area contributed by atoms with Gasteiger partial charge in [-0.05, 0) is 13.3 Å². The predicted octanol–water partition coefficient (Wildman–Crippen LogP) is 1.52. The molecule has 0 saturated carbocycles. The van der Waals surface area contributed by atoms with Crippen molar-refractivity contribution < 1.29 is 14.1 Å². The van der Waals surface area contributed by atoms with E-state index in [1.807, 2.05) is 0 Å². The van der Waals surface area contributed by atoms with Crippen LogP contribution in [0.15, 0.2) is 4.52 Å². The number of methoxy groups -OCH3 is 1. The lowest BCUT2D eigenvalue weighted by atomic mass is 10.2. The van der Waals surface area contributed by atoms with Crippen LogP contribution in [0, 0.1) is 6.92 Å². The number of aromatic nitrogens is 1. The number of carbonyl (C=O) groups excluding carboxylic acids is 1. The van der Waals surface area contributed by atoms with Crippen LogP contribution in [0.3, 0.4) is 0 Å². The third-order valence-corrected chi connectivity index (χ3v) is 2.10. The monoisotopic (exact) mass is 212 g/mol. The molecule has 5 nitrogen and oxygen atoms in total. The zero-order valence-corrected chi connectivity index (χ0v) is 9.29. The first-order chi connectivity index (χ1) is 7.20. The average molecular weight is 212 g/mol. The van der Waals surface area contributed by atoms with Crippen LogP contribution in [0.1, 0.15) is 35.8 Å². The van der Waals surface area contributed by atoms with Gasteiger partial charge in [-0.1, -0.05) is 18.5 Å². The summed E-state index contributed by atoms with van der Waals surface area (Å²) in [4.78, 5) is 11.6. The lowest BCUT2D eigenvalue weighted by Gasteiger charge is -2.01. The maximum absolute atomic E-state index is 11.6. The number of nitrogens with zero attached hydrogens (tertiary/aromatic N) is 1. The molecule has 15 heavy (non-hydrogen) atoms. The van der Waals surface area contributed by atoms with E-state index in [9.17, 15) is 4.79 Å². The summed E-state index contributed by atoms with van der Waals surface area (Å²) < 4.78 is 9.73. The molecular formula is C10H16N2O3. The van der Waals surface area contributed by atoms with Crippen molar-refractivity contribution in [2.45, 2.75) is 26.7 Å². The Kier molecular flexibility index (Phi) is 4.15. The number of carbonyl (C=O) groups is 1. The Labute approximate surface area is 88.8 Å². The summed E-state index contributed by atoms with van der Waals surface area (Å²) in [5, 5.41) is 6.41. The highest BCUT2D eigenvalue weighted by Gasteiger charge is 2.18. The van der Waals surface area contributed by atoms with Gasteiger partial charge in [0.25, 0.3) is 5.91 Å². The standard InChI is InChI=1S/C10H16N2O3/c1-4-5-6-11-9(13)8-7(2)10(14-3)15-12-8/h4-6H2,1-3H3,(H,11,13). The average Bonchev–Trinajstić information content (AvgIpc) is 2.60. The molecule has 0 aliphatic carbocycles. The molecule has 1 aromatic heterocycles. The van der Waals surface area contributed by atoms with Gasteiger partial charge in [-0.3, -0.25) is 4.79 Å². The fourth-order valence-electron chi connectivity index (χ4n) is 1.19. The number of hydrogen-bond donors (Lipinski definition) is 1. The minimum atomic E-state index is -0.215. The van der Waals surface area contributed by atoms with Gasteiger partial charge in [-0.25, -0.2) is 0 Å². The van der Waals surface area contributed by atoms with Crippen molar-refractivity contribution in [1.82, 2.24) is 10.5 Å². The summed E-state index contributed by atoms with van der Waals surface area (Å²) in [6.07, 6.45) is 2.00. The third kappa shape index (κ3) is 2.71. The molecule has 1 rings (SSSR count). The highest BCUT2D eigenvalue weighted by atomic mass is 16.6. The van der Waals surface area contributed by atoms with Gasteiger partial charge >= 0.3 is 5.95 Å². The maximum Gasteiger partial charge on any atom is 0.314 e. The van der Waals surface area contributed by atoms with Crippen LogP contribution in [0.2, 0.25) is 0 Å². The summed E-state index contributed by atoms with van der Waals surface area (Å²) >= 11 is 0. The molecule has 0 saturated heterocycles. The first-order valence-corrected chi connectivity index (χ1v) is 4.99. The summed E-state index contributed by atoms with van der Waals surface area (Å²) in [7, 11) is 1.48. The van der Waals surface area contributed by atoms with Crippen LogP contribution >= 0.6 is 0 Å². The molecule has 0 aliphatic heterocycles.